The van der Waals surface area contributed by atoms with Gasteiger partial charge in [-0.1, -0.05) is 18.9 Å². The summed E-state index contributed by atoms with van der Waals surface area (Å²) in [6.45, 7) is 6.94. The minimum atomic E-state index is 0.367. The molecule has 7 nitrogen and oxygen atoms in total. The van der Waals surface area contributed by atoms with E-state index in [-0.39, 0.29) is 0 Å². The van der Waals surface area contributed by atoms with Crippen molar-refractivity contribution in [1.82, 2.24) is 20.5 Å². The summed E-state index contributed by atoms with van der Waals surface area (Å²) in [4.78, 5) is 4.07. The van der Waals surface area contributed by atoms with E-state index in [2.05, 4.69) is 39.7 Å². The van der Waals surface area contributed by atoms with Crippen molar-refractivity contribution < 1.29 is 8.83 Å². The molecular formula is C11H17N5O2. The molecule has 0 atom stereocenters. The fourth-order valence-electron chi connectivity index (χ4n) is 1.32. The van der Waals surface area contributed by atoms with Gasteiger partial charge in [0.25, 0.3) is 0 Å². The van der Waals surface area contributed by atoms with Gasteiger partial charge in [0.1, 0.15) is 5.76 Å². The highest BCUT2D eigenvalue weighted by atomic mass is 16.4. The highest BCUT2D eigenvalue weighted by molar-refractivity contribution is 5.17. The normalized spacial score (nSPS) is 11.1. The second-order valence-electron chi connectivity index (χ2n) is 4.25. The Morgan fingerprint density at radius 3 is 2.67 bits per heavy atom. The summed E-state index contributed by atoms with van der Waals surface area (Å²) < 4.78 is 10.7. The van der Waals surface area contributed by atoms with Crippen molar-refractivity contribution in [2.24, 2.45) is 0 Å². The Bertz CT molecular complexity index is 491. The average molecular weight is 251 g/mol. The average Bonchev–Trinajstić information content (AvgIpc) is 2.93. The molecule has 0 saturated heterocycles. The molecule has 0 aliphatic rings. The monoisotopic (exact) mass is 251 g/mol. The van der Waals surface area contributed by atoms with E-state index >= 15 is 0 Å². The second-order valence-corrected chi connectivity index (χ2v) is 4.25. The molecule has 0 radical (unpaired) electrons. The molecule has 2 aromatic heterocycles. The van der Waals surface area contributed by atoms with Crippen LogP contribution in [0.15, 0.2) is 15.0 Å². The Morgan fingerprint density at radius 2 is 2.00 bits per heavy atom. The van der Waals surface area contributed by atoms with Crippen LogP contribution in [0.5, 0.6) is 0 Å². The SMILES string of the molecule is Cc1cnc(CNc2nnc(CNC(C)C)o2)o1. The van der Waals surface area contributed by atoms with Gasteiger partial charge in [0.15, 0.2) is 0 Å². The lowest BCUT2D eigenvalue weighted by Crippen LogP contribution is -2.21. The van der Waals surface area contributed by atoms with Crippen molar-refractivity contribution in [3.8, 4) is 0 Å². The summed E-state index contributed by atoms with van der Waals surface area (Å²) in [6.07, 6.45) is 1.67. The lowest BCUT2D eigenvalue weighted by Gasteiger charge is -2.03. The van der Waals surface area contributed by atoms with Gasteiger partial charge in [0.05, 0.1) is 19.3 Å². The maximum absolute atomic E-state index is 5.40. The largest absolute Gasteiger partial charge is 0.444 e. The molecule has 2 rings (SSSR count). The predicted octanol–water partition coefficient (Wildman–Crippen LogP) is 1.48. The van der Waals surface area contributed by atoms with Gasteiger partial charge in [-0.25, -0.2) is 4.98 Å². The number of oxazole rings is 1. The van der Waals surface area contributed by atoms with Crippen molar-refractivity contribution in [2.45, 2.75) is 39.9 Å². The standard InChI is InChI=1S/C11H17N5O2/c1-7(2)12-6-10-15-16-11(18-10)14-5-9-13-4-8(3)17-9/h4,7,12H,5-6H2,1-3H3,(H,14,16). The number of hydrogen-bond donors (Lipinski definition) is 2. The first-order valence-electron chi connectivity index (χ1n) is 5.84. The molecule has 2 heterocycles. The first-order valence-corrected chi connectivity index (χ1v) is 5.84. The molecule has 18 heavy (non-hydrogen) atoms. The van der Waals surface area contributed by atoms with Crippen LogP contribution in [0.4, 0.5) is 6.01 Å². The molecule has 7 heteroatoms. The highest BCUT2D eigenvalue weighted by Gasteiger charge is 2.07. The van der Waals surface area contributed by atoms with E-state index in [0.29, 0.717) is 36.9 Å². The van der Waals surface area contributed by atoms with Crippen LogP contribution in [0.25, 0.3) is 0 Å². The van der Waals surface area contributed by atoms with Crippen LogP contribution in [0, 0.1) is 6.92 Å². The summed E-state index contributed by atoms with van der Waals surface area (Å²) in [6, 6.07) is 0.745. The van der Waals surface area contributed by atoms with Crippen LogP contribution >= 0.6 is 0 Å². The van der Waals surface area contributed by atoms with Gasteiger partial charge < -0.3 is 19.5 Å². The van der Waals surface area contributed by atoms with Gasteiger partial charge in [0.2, 0.25) is 11.8 Å². The molecule has 0 spiro atoms. The van der Waals surface area contributed by atoms with Gasteiger partial charge in [-0.3, -0.25) is 0 Å². The van der Waals surface area contributed by atoms with Crippen molar-refractivity contribution in [3.05, 3.63) is 23.7 Å². The van der Waals surface area contributed by atoms with E-state index in [4.69, 9.17) is 8.83 Å². The zero-order valence-corrected chi connectivity index (χ0v) is 10.7. The first kappa shape index (κ1) is 12.6. The molecule has 0 saturated carbocycles. The predicted molar refractivity (Wildman–Crippen MR) is 64.8 cm³/mol. The Labute approximate surface area is 105 Å². The van der Waals surface area contributed by atoms with Gasteiger partial charge in [-0.05, 0) is 6.92 Å². The third kappa shape index (κ3) is 3.56. The topological polar surface area (TPSA) is 89.0 Å². The van der Waals surface area contributed by atoms with E-state index in [1.54, 1.807) is 6.20 Å². The van der Waals surface area contributed by atoms with Gasteiger partial charge >= 0.3 is 6.01 Å². The Hall–Kier alpha value is -1.89. The summed E-state index contributed by atoms with van der Waals surface area (Å²) in [5, 5.41) is 13.9. The van der Waals surface area contributed by atoms with Crippen molar-refractivity contribution >= 4 is 6.01 Å². The molecule has 2 N–H and O–H groups in total. The minimum Gasteiger partial charge on any atom is -0.444 e. The Balaban J connectivity index is 1.83. The summed E-state index contributed by atoms with van der Waals surface area (Å²) in [5.41, 5.74) is 0. The second kappa shape index (κ2) is 5.63. The maximum Gasteiger partial charge on any atom is 0.315 e. The van der Waals surface area contributed by atoms with Crippen LogP contribution in [0.2, 0.25) is 0 Å². The lowest BCUT2D eigenvalue weighted by atomic mass is 10.4. The van der Waals surface area contributed by atoms with Crippen LogP contribution in [-0.4, -0.2) is 21.2 Å². The molecule has 0 aliphatic carbocycles. The summed E-state index contributed by atoms with van der Waals surface area (Å²) >= 11 is 0. The minimum absolute atomic E-state index is 0.367. The van der Waals surface area contributed by atoms with E-state index in [9.17, 15) is 0 Å². The third-order valence-corrected chi connectivity index (χ3v) is 2.19. The van der Waals surface area contributed by atoms with Crippen LogP contribution in [0.3, 0.4) is 0 Å². The van der Waals surface area contributed by atoms with Crippen molar-refractivity contribution in [1.29, 1.82) is 0 Å². The van der Waals surface area contributed by atoms with Crippen LogP contribution in [-0.2, 0) is 13.1 Å². The Kier molecular flexibility index (Phi) is 3.93. The zero-order chi connectivity index (χ0) is 13.0. The van der Waals surface area contributed by atoms with E-state index in [1.165, 1.54) is 0 Å². The fraction of sp³-hybridized carbons (Fsp3) is 0.545. The lowest BCUT2D eigenvalue weighted by molar-refractivity contribution is 0.451. The van der Waals surface area contributed by atoms with Gasteiger partial charge in [-0.15, -0.1) is 5.10 Å². The number of aryl methyl sites for hydroxylation is 1. The third-order valence-electron chi connectivity index (χ3n) is 2.19. The molecule has 0 fully saturated rings. The van der Waals surface area contributed by atoms with Gasteiger partial charge in [0, 0.05) is 6.04 Å². The first-order chi connectivity index (χ1) is 8.63. The number of nitrogens with one attached hydrogen (secondary N) is 2. The van der Waals surface area contributed by atoms with Crippen molar-refractivity contribution in [2.75, 3.05) is 5.32 Å². The molecule has 98 valence electrons. The van der Waals surface area contributed by atoms with Gasteiger partial charge in [-0.2, -0.15) is 0 Å². The number of hydrogen-bond acceptors (Lipinski definition) is 7. The Morgan fingerprint density at radius 1 is 1.17 bits per heavy atom. The molecular weight excluding hydrogens is 234 g/mol. The van der Waals surface area contributed by atoms with Crippen LogP contribution in [0.1, 0.15) is 31.4 Å². The highest BCUT2D eigenvalue weighted by Crippen LogP contribution is 2.08. The number of aromatic nitrogens is 3. The summed E-state index contributed by atoms with van der Waals surface area (Å²) in [7, 11) is 0. The number of rotatable bonds is 6. The number of nitrogens with zero attached hydrogens (tertiary/aromatic N) is 3. The smallest absolute Gasteiger partial charge is 0.315 e. The molecule has 0 aliphatic heterocycles. The summed E-state index contributed by atoms with van der Waals surface area (Å²) in [5.74, 6) is 1.92. The molecule has 0 amide bonds. The maximum atomic E-state index is 5.40. The zero-order valence-electron chi connectivity index (χ0n) is 10.7. The molecule has 0 bridgehead atoms. The van der Waals surface area contributed by atoms with E-state index in [0.717, 1.165) is 5.76 Å². The van der Waals surface area contributed by atoms with Crippen molar-refractivity contribution in [3.63, 3.8) is 0 Å². The number of anilines is 1. The fourth-order valence-corrected chi connectivity index (χ4v) is 1.32. The molecule has 0 unspecified atom stereocenters. The van der Waals surface area contributed by atoms with Crippen LogP contribution < -0.4 is 10.6 Å². The quantitative estimate of drug-likeness (QED) is 0.803. The molecule has 0 aromatic carbocycles. The molecule has 2 aromatic rings. The van der Waals surface area contributed by atoms with E-state index < -0.39 is 0 Å². The van der Waals surface area contributed by atoms with E-state index in [1.807, 2.05) is 6.92 Å².